The Balaban J connectivity index is 1.38. The van der Waals surface area contributed by atoms with Crippen molar-refractivity contribution in [2.24, 2.45) is 0 Å². The molecular weight excluding hydrogens is 472 g/mol. The second-order valence-corrected chi connectivity index (χ2v) is 9.37. The Hall–Kier alpha value is -3.98. The fraction of sp³-hybridized carbons (Fsp3) is 0.222. The molecule has 0 radical (unpaired) electrons. The summed E-state index contributed by atoms with van der Waals surface area (Å²) in [5.41, 5.74) is 1.89. The van der Waals surface area contributed by atoms with Crippen molar-refractivity contribution in [3.63, 3.8) is 0 Å². The zero-order valence-electron chi connectivity index (χ0n) is 19.7. The van der Waals surface area contributed by atoms with E-state index in [0.717, 1.165) is 17.7 Å². The first-order valence-electron chi connectivity index (χ1n) is 11.8. The smallest absolute Gasteiger partial charge is 0.237 e. The van der Waals surface area contributed by atoms with E-state index in [1.165, 1.54) is 11.8 Å². The third-order valence-electron chi connectivity index (χ3n) is 5.96. The van der Waals surface area contributed by atoms with Crippen LogP contribution in [0.25, 0.3) is 5.82 Å². The van der Waals surface area contributed by atoms with Gasteiger partial charge in [0.1, 0.15) is 5.82 Å². The molecule has 1 aliphatic rings. The summed E-state index contributed by atoms with van der Waals surface area (Å²) in [6.45, 7) is 1.54. The zero-order valence-corrected chi connectivity index (χ0v) is 20.6. The van der Waals surface area contributed by atoms with Crippen molar-refractivity contribution >= 4 is 29.3 Å². The maximum atomic E-state index is 13.5. The van der Waals surface area contributed by atoms with E-state index in [9.17, 15) is 9.59 Å². The van der Waals surface area contributed by atoms with Crippen LogP contribution in [0.5, 0.6) is 0 Å². The highest BCUT2D eigenvalue weighted by atomic mass is 32.2. The molecule has 0 aliphatic carbocycles. The topological polar surface area (TPSA) is 84.2 Å². The number of hydrogen-bond acceptors (Lipinski definition) is 6. The predicted molar refractivity (Wildman–Crippen MR) is 139 cm³/mol. The van der Waals surface area contributed by atoms with Crippen molar-refractivity contribution in [2.45, 2.75) is 31.1 Å². The van der Waals surface area contributed by atoms with Crippen LogP contribution in [-0.2, 0) is 22.7 Å². The maximum absolute atomic E-state index is 13.5. The van der Waals surface area contributed by atoms with Gasteiger partial charge < -0.3 is 9.80 Å². The molecule has 8 nitrogen and oxygen atoms in total. The number of carbonyl (C=O) groups excluding carboxylic acids is 2. The van der Waals surface area contributed by atoms with Crippen LogP contribution in [0, 0.1) is 0 Å². The fourth-order valence-corrected chi connectivity index (χ4v) is 4.99. The normalized spacial score (nSPS) is 13.2. The van der Waals surface area contributed by atoms with Crippen LogP contribution in [0.1, 0.15) is 24.2 Å². The van der Waals surface area contributed by atoms with Gasteiger partial charge in [-0.15, -0.1) is 10.2 Å². The Morgan fingerprint density at radius 2 is 1.69 bits per heavy atom. The molecule has 2 aromatic carbocycles. The van der Waals surface area contributed by atoms with Gasteiger partial charge in [0.2, 0.25) is 11.8 Å². The first kappa shape index (κ1) is 23.7. The summed E-state index contributed by atoms with van der Waals surface area (Å²) in [4.78, 5) is 33.7. The van der Waals surface area contributed by atoms with Gasteiger partial charge in [0, 0.05) is 24.8 Å². The van der Waals surface area contributed by atoms with E-state index in [0.29, 0.717) is 42.9 Å². The highest BCUT2D eigenvalue weighted by Gasteiger charge is 2.25. The largest absolute Gasteiger partial charge is 0.335 e. The monoisotopic (exact) mass is 498 g/mol. The van der Waals surface area contributed by atoms with Crippen molar-refractivity contribution in [3.05, 3.63) is 96.4 Å². The van der Waals surface area contributed by atoms with Crippen LogP contribution in [0.15, 0.2) is 90.2 Å². The third-order valence-corrected chi connectivity index (χ3v) is 6.87. The molecule has 182 valence electrons. The molecule has 1 fully saturated rings. The van der Waals surface area contributed by atoms with Gasteiger partial charge in [-0.3, -0.25) is 14.2 Å². The van der Waals surface area contributed by atoms with E-state index >= 15 is 0 Å². The lowest BCUT2D eigenvalue weighted by Gasteiger charge is -2.23. The number of hydrogen-bond donors (Lipinski definition) is 0. The zero-order chi connectivity index (χ0) is 24.7. The number of nitrogens with zero attached hydrogens (tertiary/aromatic N) is 6. The quantitative estimate of drug-likeness (QED) is 0.323. The lowest BCUT2D eigenvalue weighted by atomic mass is 10.2. The van der Waals surface area contributed by atoms with E-state index in [4.69, 9.17) is 0 Å². The van der Waals surface area contributed by atoms with Gasteiger partial charge in [0.15, 0.2) is 11.0 Å². The molecule has 0 bridgehead atoms. The fourth-order valence-electron chi connectivity index (χ4n) is 4.16. The van der Waals surface area contributed by atoms with E-state index in [2.05, 4.69) is 15.2 Å². The second kappa shape index (κ2) is 11.2. The van der Waals surface area contributed by atoms with Crippen molar-refractivity contribution < 1.29 is 9.59 Å². The number of para-hydroxylation sites is 1. The molecule has 0 unspecified atom stereocenters. The minimum atomic E-state index is -0.0399. The Morgan fingerprint density at radius 3 is 2.39 bits per heavy atom. The second-order valence-electron chi connectivity index (χ2n) is 8.43. The molecule has 9 heteroatoms. The number of aromatic nitrogens is 4. The molecule has 2 aromatic heterocycles. The van der Waals surface area contributed by atoms with Gasteiger partial charge in [-0.25, -0.2) is 4.98 Å². The third kappa shape index (κ3) is 5.46. The number of rotatable bonds is 9. The standard InChI is InChI=1S/C27H26N6O2S/c34-25-15-9-17-31(25)19-24-29-30-27(33(24)23-14-7-8-16-28-23)36-20-26(35)32(22-12-5-2-6-13-22)18-21-10-3-1-4-11-21/h1-8,10-14,16H,9,15,17-20H2. The van der Waals surface area contributed by atoms with Crippen LogP contribution in [0.3, 0.4) is 0 Å². The van der Waals surface area contributed by atoms with Crippen LogP contribution in [0.2, 0.25) is 0 Å². The van der Waals surface area contributed by atoms with E-state index < -0.39 is 0 Å². The number of amides is 2. The van der Waals surface area contributed by atoms with Crippen molar-refractivity contribution in [1.82, 2.24) is 24.6 Å². The van der Waals surface area contributed by atoms with Crippen LogP contribution >= 0.6 is 11.8 Å². The molecule has 0 spiro atoms. The van der Waals surface area contributed by atoms with E-state index in [1.807, 2.05) is 83.4 Å². The Bertz CT molecular complexity index is 1310. The molecule has 0 saturated carbocycles. The molecule has 4 aromatic rings. The highest BCUT2D eigenvalue weighted by Crippen LogP contribution is 2.25. The van der Waals surface area contributed by atoms with Crippen molar-refractivity contribution in [3.8, 4) is 5.82 Å². The molecule has 0 N–H and O–H groups in total. The van der Waals surface area contributed by atoms with Gasteiger partial charge >= 0.3 is 0 Å². The van der Waals surface area contributed by atoms with Gasteiger partial charge in [-0.2, -0.15) is 0 Å². The Kier molecular flexibility index (Phi) is 7.37. The first-order valence-corrected chi connectivity index (χ1v) is 12.8. The van der Waals surface area contributed by atoms with Gasteiger partial charge in [0.05, 0.1) is 18.8 Å². The SMILES string of the molecule is O=C1CCCN1Cc1nnc(SCC(=O)N(Cc2ccccc2)c2ccccc2)n1-c1ccccn1. The molecule has 3 heterocycles. The molecule has 1 saturated heterocycles. The summed E-state index contributed by atoms with van der Waals surface area (Å²) < 4.78 is 1.84. The average molecular weight is 499 g/mol. The molecule has 2 amide bonds. The Labute approximate surface area is 214 Å². The first-order chi connectivity index (χ1) is 17.7. The molecular formula is C27H26N6O2S. The average Bonchev–Trinajstić information content (AvgIpc) is 3.53. The van der Waals surface area contributed by atoms with E-state index in [1.54, 1.807) is 16.0 Å². The number of benzene rings is 2. The van der Waals surface area contributed by atoms with Gasteiger partial charge in [-0.1, -0.05) is 66.4 Å². The minimum absolute atomic E-state index is 0.0399. The van der Waals surface area contributed by atoms with E-state index in [-0.39, 0.29) is 17.6 Å². The Morgan fingerprint density at radius 1 is 0.944 bits per heavy atom. The molecule has 36 heavy (non-hydrogen) atoms. The minimum Gasteiger partial charge on any atom is -0.335 e. The number of thioether (sulfide) groups is 1. The summed E-state index contributed by atoms with van der Waals surface area (Å²) in [6, 6.07) is 25.2. The predicted octanol–water partition coefficient (Wildman–Crippen LogP) is 4.11. The molecule has 5 rings (SSSR count). The number of pyridine rings is 1. The lowest BCUT2D eigenvalue weighted by Crippen LogP contribution is -2.32. The summed E-state index contributed by atoms with van der Waals surface area (Å²) in [5, 5.41) is 9.31. The van der Waals surface area contributed by atoms with Crippen LogP contribution < -0.4 is 4.90 Å². The number of carbonyl (C=O) groups is 2. The van der Waals surface area contributed by atoms with Crippen molar-refractivity contribution in [1.29, 1.82) is 0 Å². The van der Waals surface area contributed by atoms with Crippen LogP contribution in [0.4, 0.5) is 5.69 Å². The number of anilines is 1. The highest BCUT2D eigenvalue weighted by molar-refractivity contribution is 7.99. The summed E-state index contributed by atoms with van der Waals surface area (Å²) in [5.74, 6) is 1.54. The molecule has 0 atom stereocenters. The van der Waals surface area contributed by atoms with Crippen LogP contribution in [-0.4, -0.2) is 48.8 Å². The maximum Gasteiger partial charge on any atom is 0.237 e. The summed E-state index contributed by atoms with van der Waals surface area (Å²) in [7, 11) is 0. The number of likely N-dealkylation sites (tertiary alicyclic amines) is 1. The van der Waals surface area contributed by atoms with Crippen molar-refractivity contribution in [2.75, 3.05) is 17.2 Å². The summed E-state index contributed by atoms with van der Waals surface area (Å²) >= 11 is 1.32. The van der Waals surface area contributed by atoms with Gasteiger partial charge in [-0.05, 0) is 36.2 Å². The molecule has 1 aliphatic heterocycles. The summed E-state index contributed by atoms with van der Waals surface area (Å²) in [6.07, 6.45) is 3.12. The van der Waals surface area contributed by atoms with Gasteiger partial charge in [0.25, 0.3) is 0 Å². The lowest BCUT2D eigenvalue weighted by molar-refractivity contribution is -0.128.